The van der Waals surface area contributed by atoms with Crippen LogP contribution in [0.15, 0.2) is 99.5 Å². The largest absolute Gasteiger partial charge is 0.268 e. The van der Waals surface area contributed by atoms with Crippen LogP contribution in [0, 0.1) is 0 Å². The molecule has 0 fully saturated rings. The molecule has 8 heteroatoms. The molecule has 0 atom stereocenters. The summed E-state index contributed by atoms with van der Waals surface area (Å²) >= 11 is 4.90. The van der Waals surface area contributed by atoms with E-state index in [-0.39, 0.29) is 5.56 Å². The van der Waals surface area contributed by atoms with Gasteiger partial charge in [-0.1, -0.05) is 63.2 Å². The second-order valence-electron chi connectivity index (χ2n) is 6.81. The normalized spacial score (nSPS) is 11.1. The highest BCUT2D eigenvalue weighted by Gasteiger charge is 2.14. The summed E-state index contributed by atoms with van der Waals surface area (Å²) in [6.07, 6.45) is 1.89. The SMILES string of the molecule is O=c1c2ccccc2nc(SCc2cn(-c3ccc(Br)cc3)nn2)n1-c1ccccc1. The Kier molecular flexibility index (Phi) is 5.40. The summed E-state index contributed by atoms with van der Waals surface area (Å²) in [6.45, 7) is 0. The molecule has 0 N–H and O–H groups in total. The maximum Gasteiger partial charge on any atom is 0.266 e. The average Bonchev–Trinajstić information content (AvgIpc) is 3.28. The number of para-hydroxylation sites is 2. The molecule has 0 spiro atoms. The molecule has 31 heavy (non-hydrogen) atoms. The second-order valence-corrected chi connectivity index (χ2v) is 8.67. The van der Waals surface area contributed by atoms with Crippen LogP contribution in [0.25, 0.3) is 22.3 Å². The topological polar surface area (TPSA) is 65.6 Å². The Labute approximate surface area is 190 Å². The minimum Gasteiger partial charge on any atom is -0.268 e. The van der Waals surface area contributed by atoms with Crippen LogP contribution in [0.1, 0.15) is 5.69 Å². The molecule has 0 amide bonds. The van der Waals surface area contributed by atoms with Crippen molar-refractivity contribution in [2.45, 2.75) is 10.9 Å². The number of aromatic nitrogens is 5. The van der Waals surface area contributed by atoms with E-state index in [4.69, 9.17) is 4.98 Å². The van der Waals surface area contributed by atoms with Crippen LogP contribution in [0.4, 0.5) is 0 Å². The molecule has 0 radical (unpaired) electrons. The van der Waals surface area contributed by atoms with Crippen LogP contribution < -0.4 is 5.56 Å². The van der Waals surface area contributed by atoms with E-state index in [1.165, 1.54) is 11.8 Å². The van der Waals surface area contributed by atoms with E-state index in [1.807, 2.05) is 85.1 Å². The molecular formula is C23H16BrN5OS. The Bertz CT molecular complexity index is 1410. The summed E-state index contributed by atoms with van der Waals surface area (Å²) in [4.78, 5) is 18.0. The van der Waals surface area contributed by atoms with Gasteiger partial charge in [0.05, 0.1) is 34.2 Å². The Morgan fingerprint density at radius 1 is 0.871 bits per heavy atom. The highest BCUT2D eigenvalue weighted by Crippen LogP contribution is 2.24. The first-order chi connectivity index (χ1) is 15.2. The molecule has 3 aromatic carbocycles. The summed E-state index contributed by atoms with van der Waals surface area (Å²) in [5.74, 6) is 0.536. The first-order valence-electron chi connectivity index (χ1n) is 9.56. The summed E-state index contributed by atoms with van der Waals surface area (Å²) < 4.78 is 4.40. The lowest BCUT2D eigenvalue weighted by atomic mass is 10.2. The van der Waals surface area contributed by atoms with Crippen molar-refractivity contribution in [3.8, 4) is 11.4 Å². The lowest BCUT2D eigenvalue weighted by Gasteiger charge is -2.12. The first-order valence-corrected chi connectivity index (χ1v) is 11.3. The summed E-state index contributed by atoms with van der Waals surface area (Å²) in [5, 5.41) is 9.72. The zero-order valence-electron chi connectivity index (χ0n) is 16.2. The summed E-state index contributed by atoms with van der Waals surface area (Å²) in [5.41, 5.74) is 3.11. The lowest BCUT2D eigenvalue weighted by molar-refractivity contribution is 0.799. The molecule has 6 nitrogen and oxygen atoms in total. The van der Waals surface area contributed by atoms with Gasteiger partial charge in [-0.15, -0.1) is 5.10 Å². The summed E-state index contributed by atoms with van der Waals surface area (Å²) in [7, 11) is 0. The molecular weight excluding hydrogens is 474 g/mol. The van der Waals surface area contributed by atoms with Gasteiger partial charge in [0.2, 0.25) is 0 Å². The van der Waals surface area contributed by atoms with Crippen LogP contribution in [0.2, 0.25) is 0 Å². The van der Waals surface area contributed by atoms with Crippen molar-refractivity contribution in [2.24, 2.45) is 0 Å². The third-order valence-corrected chi connectivity index (χ3v) is 6.24. The minimum atomic E-state index is -0.0854. The van der Waals surface area contributed by atoms with Gasteiger partial charge in [-0.25, -0.2) is 9.67 Å². The van der Waals surface area contributed by atoms with Gasteiger partial charge in [0.25, 0.3) is 5.56 Å². The number of fused-ring (bicyclic) bond motifs is 1. The smallest absolute Gasteiger partial charge is 0.266 e. The van der Waals surface area contributed by atoms with E-state index in [1.54, 1.807) is 9.25 Å². The zero-order valence-corrected chi connectivity index (χ0v) is 18.6. The number of benzene rings is 3. The van der Waals surface area contributed by atoms with Crippen LogP contribution in [0.3, 0.4) is 0 Å². The quantitative estimate of drug-likeness (QED) is 0.256. The number of thioether (sulfide) groups is 1. The molecule has 152 valence electrons. The molecule has 2 heterocycles. The highest BCUT2D eigenvalue weighted by atomic mass is 79.9. The molecule has 0 saturated carbocycles. The monoisotopic (exact) mass is 489 g/mol. The van der Waals surface area contributed by atoms with Gasteiger partial charge in [-0.2, -0.15) is 0 Å². The molecule has 2 aromatic heterocycles. The van der Waals surface area contributed by atoms with Crippen molar-refractivity contribution in [2.75, 3.05) is 0 Å². The van der Waals surface area contributed by atoms with E-state index >= 15 is 0 Å². The van der Waals surface area contributed by atoms with E-state index in [0.717, 1.165) is 21.5 Å². The van der Waals surface area contributed by atoms with E-state index in [0.29, 0.717) is 21.8 Å². The fourth-order valence-corrected chi connectivity index (χ4v) is 4.39. The van der Waals surface area contributed by atoms with Crippen molar-refractivity contribution in [3.05, 3.63) is 106 Å². The summed E-state index contributed by atoms with van der Waals surface area (Å²) in [6, 6.07) is 24.8. The molecule has 0 aliphatic rings. The molecule has 0 aliphatic heterocycles. The van der Waals surface area contributed by atoms with Gasteiger partial charge >= 0.3 is 0 Å². The maximum absolute atomic E-state index is 13.3. The molecule has 5 aromatic rings. The predicted molar refractivity (Wildman–Crippen MR) is 126 cm³/mol. The Hall–Kier alpha value is -3.23. The zero-order chi connectivity index (χ0) is 21.2. The van der Waals surface area contributed by atoms with Crippen LogP contribution >= 0.6 is 27.7 Å². The fourth-order valence-electron chi connectivity index (χ4n) is 3.24. The third kappa shape index (κ3) is 4.04. The number of halogens is 1. The highest BCUT2D eigenvalue weighted by molar-refractivity contribution is 9.10. The van der Waals surface area contributed by atoms with Crippen LogP contribution in [-0.2, 0) is 5.75 Å². The van der Waals surface area contributed by atoms with Crippen molar-refractivity contribution in [3.63, 3.8) is 0 Å². The van der Waals surface area contributed by atoms with Gasteiger partial charge in [-0.3, -0.25) is 9.36 Å². The molecule has 0 saturated heterocycles. The first kappa shape index (κ1) is 19.7. The third-order valence-electron chi connectivity index (χ3n) is 4.74. The van der Waals surface area contributed by atoms with E-state index < -0.39 is 0 Å². The Morgan fingerprint density at radius 3 is 2.42 bits per heavy atom. The fraction of sp³-hybridized carbons (Fsp3) is 0.0435. The molecule has 0 unspecified atom stereocenters. The van der Waals surface area contributed by atoms with Gasteiger partial charge in [0.1, 0.15) is 0 Å². The van der Waals surface area contributed by atoms with Gasteiger partial charge < -0.3 is 0 Å². The number of hydrogen-bond acceptors (Lipinski definition) is 5. The molecule has 5 rings (SSSR count). The van der Waals surface area contributed by atoms with E-state index in [9.17, 15) is 4.79 Å². The van der Waals surface area contributed by atoms with Gasteiger partial charge in [-0.05, 0) is 48.5 Å². The maximum atomic E-state index is 13.3. The van der Waals surface area contributed by atoms with Crippen LogP contribution in [0.5, 0.6) is 0 Å². The predicted octanol–water partition coefficient (Wildman–Crippen LogP) is 5.02. The van der Waals surface area contributed by atoms with Gasteiger partial charge in [0, 0.05) is 10.2 Å². The number of hydrogen-bond donors (Lipinski definition) is 0. The van der Waals surface area contributed by atoms with Crippen molar-refractivity contribution in [1.82, 2.24) is 24.5 Å². The Morgan fingerprint density at radius 2 is 1.61 bits per heavy atom. The van der Waals surface area contributed by atoms with Crippen molar-refractivity contribution < 1.29 is 0 Å². The number of rotatable bonds is 5. The molecule has 0 aliphatic carbocycles. The van der Waals surface area contributed by atoms with Crippen molar-refractivity contribution >= 4 is 38.6 Å². The van der Waals surface area contributed by atoms with Crippen LogP contribution in [-0.4, -0.2) is 24.5 Å². The standard InChI is InChI=1S/C23H16BrN5OS/c24-16-10-12-18(13-11-16)28-14-17(26-27-28)15-31-23-25-21-9-5-4-8-20(21)22(30)29(23)19-6-2-1-3-7-19/h1-14H,15H2. The Balaban J connectivity index is 1.49. The van der Waals surface area contributed by atoms with Gasteiger partial charge in [0.15, 0.2) is 5.16 Å². The molecule has 0 bridgehead atoms. The minimum absolute atomic E-state index is 0.0854. The average molecular weight is 490 g/mol. The van der Waals surface area contributed by atoms with E-state index in [2.05, 4.69) is 26.2 Å². The second kappa shape index (κ2) is 8.49. The number of nitrogens with zero attached hydrogens (tertiary/aromatic N) is 5. The lowest BCUT2D eigenvalue weighted by Crippen LogP contribution is -2.21. The van der Waals surface area contributed by atoms with Crippen molar-refractivity contribution in [1.29, 1.82) is 0 Å².